The summed E-state index contributed by atoms with van der Waals surface area (Å²) >= 11 is 15.3. The van der Waals surface area contributed by atoms with Gasteiger partial charge < -0.3 is 0 Å². The van der Waals surface area contributed by atoms with Gasteiger partial charge in [-0.2, -0.15) is 0 Å². The van der Waals surface area contributed by atoms with Crippen molar-refractivity contribution in [1.29, 1.82) is 0 Å². The number of nitrogens with one attached hydrogen (secondary N) is 1. The zero-order valence-corrected chi connectivity index (χ0v) is 14.6. The molecule has 1 aromatic heterocycles. The summed E-state index contributed by atoms with van der Waals surface area (Å²) in [4.78, 5) is 9.95. The molecule has 11 heteroatoms. The predicted molar refractivity (Wildman–Crippen MR) is 85.9 cm³/mol. The second kappa shape index (κ2) is 6.09. The standard InChI is InChI=1S/C10H5BrCl2N2O4S2/c11-6-2-1-5(3-7(6)12)14-21(18,19)9-4-8(15(16)17)10(13)20-9/h1-4,14H. The predicted octanol–water partition coefficient (Wildman–Crippen LogP) is 4.53. The first-order valence-corrected chi connectivity index (χ1v) is 8.97. The van der Waals surface area contributed by atoms with Crippen LogP contribution in [0.25, 0.3) is 0 Å². The maximum Gasteiger partial charge on any atom is 0.300 e. The summed E-state index contributed by atoms with van der Waals surface area (Å²) in [6.45, 7) is 0. The fraction of sp³-hybridized carbons (Fsp3) is 0. The normalized spacial score (nSPS) is 11.4. The second-order valence-corrected chi connectivity index (χ2v) is 8.54. The van der Waals surface area contributed by atoms with E-state index in [2.05, 4.69) is 20.7 Å². The van der Waals surface area contributed by atoms with Gasteiger partial charge in [-0.3, -0.25) is 14.8 Å². The Hall–Kier alpha value is -0.870. The van der Waals surface area contributed by atoms with Crippen LogP contribution in [0.3, 0.4) is 0 Å². The van der Waals surface area contributed by atoms with Gasteiger partial charge >= 0.3 is 0 Å². The minimum atomic E-state index is -3.97. The van der Waals surface area contributed by atoms with Crippen molar-refractivity contribution in [1.82, 2.24) is 0 Å². The van der Waals surface area contributed by atoms with Crippen molar-refractivity contribution in [2.75, 3.05) is 4.72 Å². The van der Waals surface area contributed by atoms with Gasteiger partial charge in [0.1, 0.15) is 4.21 Å². The van der Waals surface area contributed by atoms with Crippen molar-refractivity contribution in [2.45, 2.75) is 4.21 Å². The van der Waals surface area contributed by atoms with Crippen LogP contribution in [0.4, 0.5) is 11.4 Å². The van der Waals surface area contributed by atoms with E-state index in [1.54, 1.807) is 6.07 Å². The van der Waals surface area contributed by atoms with Gasteiger partial charge in [-0.05, 0) is 34.1 Å². The third kappa shape index (κ3) is 3.67. The SMILES string of the molecule is O=[N+]([O-])c1cc(S(=O)(=O)Nc2ccc(Br)c(Cl)c2)sc1Cl. The fourth-order valence-corrected chi connectivity index (χ4v) is 4.50. The molecule has 0 fully saturated rings. The van der Waals surface area contributed by atoms with E-state index in [0.717, 1.165) is 6.07 Å². The minimum absolute atomic E-state index is 0.200. The molecule has 0 radical (unpaired) electrons. The molecular formula is C10H5BrCl2N2O4S2. The number of thiophene rings is 1. The van der Waals surface area contributed by atoms with Crippen LogP contribution in [-0.4, -0.2) is 13.3 Å². The van der Waals surface area contributed by atoms with E-state index in [0.29, 0.717) is 20.8 Å². The summed E-state index contributed by atoms with van der Waals surface area (Å²) in [7, 11) is -3.97. The first-order chi connectivity index (χ1) is 9.70. The van der Waals surface area contributed by atoms with Gasteiger partial charge in [0, 0.05) is 10.5 Å². The average molecular weight is 432 g/mol. The van der Waals surface area contributed by atoms with Crippen LogP contribution in [0.15, 0.2) is 32.9 Å². The summed E-state index contributed by atoms with van der Waals surface area (Å²) in [6.07, 6.45) is 0. The monoisotopic (exact) mass is 430 g/mol. The van der Waals surface area contributed by atoms with Crippen molar-refractivity contribution in [3.63, 3.8) is 0 Å². The molecule has 6 nitrogen and oxygen atoms in total. The number of hydrogen-bond donors (Lipinski definition) is 1. The van der Waals surface area contributed by atoms with Gasteiger partial charge in [0.25, 0.3) is 15.7 Å². The van der Waals surface area contributed by atoms with Gasteiger partial charge in [-0.15, -0.1) is 11.3 Å². The molecule has 0 saturated heterocycles. The zero-order valence-electron chi connectivity index (χ0n) is 9.84. The number of rotatable bonds is 4. The topological polar surface area (TPSA) is 89.3 Å². The molecule has 0 aliphatic heterocycles. The molecule has 2 rings (SSSR count). The Labute approximate surface area is 142 Å². The molecule has 0 aliphatic carbocycles. The lowest BCUT2D eigenvalue weighted by Crippen LogP contribution is -2.11. The third-order valence-corrected chi connectivity index (χ3v) is 6.70. The molecule has 112 valence electrons. The van der Waals surface area contributed by atoms with E-state index in [1.165, 1.54) is 12.1 Å². The van der Waals surface area contributed by atoms with Crippen LogP contribution in [0.1, 0.15) is 0 Å². The Morgan fingerprint density at radius 2 is 1.95 bits per heavy atom. The molecule has 0 unspecified atom stereocenters. The summed E-state index contributed by atoms with van der Waals surface area (Å²) < 4.78 is 26.7. The van der Waals surface area contributed by atoms with E-state index in [9.17, 15) is 18.5 Å². The van der Waals surface area contributed by atoms with Crippen molar-refractivity contribution < 1.29 is 13.3 Å². The Balaban J connectivity index is 2.36. The quantitative estimate of drug-likeness (QED) is 0.568. The molecule has 1 aromatic carbocycles. The van der Waals surface area contributed by atoms with Gasteiger partial charge in [-0.25, -0.2) is 8.42 Å². The number of nitrogens with zero attached hydrogens (tertiary/aromatic N) is 1. The smallest absolute Gasteiger partial charge is 0.279 e. The highest BCUT2D eigenvalue weighted by atomic mass is 79.9. The molecule has 2 aromatic rings. The fourth-order valence-electron chi connectivity index (χ4n) is 1.36. The summed E-state index contributed by atoms with van der Waals surface area (Å²) in [5.41, 5.74) is -0.216. The minimum Gasteiger partial charge on any atom is -0.279 e. The van der Waals surface area contributed by atoms with Gasteiger partial charge in [0.2, 0.25) is 0 Å². The zero-order chi connectivity index (χ0) is 15.8. The number of halogens is 3. The lowest BCUT2D eigenvalue weighted by Gasteiger charge is -2.06. The lowest BCUT2D eigenvalue weighted by molar-refractivity contribution is -0.384. The highest BCUT2D eigenvalue weighted by Gasteiger charge is 2.25. The van der Waals surface area contributed by atoms with Crippen LogP contribution in [0.5, 0.6) is 0 Å². The van der Waals surface area contributed by atoms with Gasteiger partial charge in [0.15, 0.2) is 4.34 Å². The van der Waals surface area contributed by atoms with Crippen LogP contribution < -0.4 is 4.72 Å². The van der Waals surface area contributed by atoms with Crippen LogP contribution in [-0.2, 0) is 10.0 Å². The van der Waals surface area contributed by atoms with Crippen LogP contribution in [0, 0.1) is 10.1 Å². The summed E-state index contributed by atoms with van der Waals surface area (Å²) in [5.74, 6) is 0. The number of hydrogen-bond acceptors (Lipinski definition) is 5. The molecule has 1 heterocycles. The average Bonchev–Trinajstić information content (AvgIpc) is 2.77. The Kier molecular flexibility index (Phi) is 4.79. The van der Waals surface area contributed by atoms with E-state index >= 15 is 0 Å². The third-order valence-electron chi connectivity index (χ3n) is 2.28. The molecule has 0 aliphatic rings. The Morgan fingerprint density at radius 1 is 1.29 bits per heavy atom. The molecule has 0 atom stereocenters. The maximum absolute atomic E-state index is 12.1. The van der Waals surface area contributed by atoms with Crippen molar-refractivity contribution in [3.8, 4) is 0 Å². The Bertz CT molecular complexity index is 822. The Morgan fingerprint density at radius 3 is 2.48 bits per heavy atom. The highest BCUT2D eigenvalue weighted by Crippen LogP contribution is 2.37. The number of sulfonamides is 1. The maximum atomic E-state index is 12.1. The lowest BCUT2D eigenvalue weighted by atomic mass is 10.3. The highest BCUT2D eigenvalue weighted by molar-refractivity contribution is 9.10. The summed E-state index contributed by atoms with van der Waals surface area (Å²) in [6, 6.07) is 5.39. The first-order valence-electron chi connectivity index (χ1n) is 5.12. The number of benzene rings is 1. The van der Waals surface area contributed by atoms with E-state index in [-0.39, 0.29) is 14.2 Å². The first kappa shape index (κ1) is 16.5. The second-order valence-electron chi connectivity index (χ2n) is 3.72. The number of nitro groups is 1. The molecule has 0 bridgehead atoms. The van der Waals surface area contributed by atoms with Crippen molar-refractivity contribution >= 4 is 71.9 Å². The van der Waals surface area contributed by atoms with E-state index in [1.807, 2.05) is 0 Å². The van der Waals surface area contributed by atoms with E-state index in [4.69, 9.17) is 23.2 Å². The van der Waals surface area contributed by atoms with E-state index < -0.39 is 20.6 Å². The largest absolute Gasteiger partial charge is 0.300 e. The van der Waals surface area contributed by atoms with Crippen LogP contribution >= 0.6 is 50.5 Å². The number of anilines is 1. The van der Waals surface area contributed by atoms with Crippen molar-refractivity contribution in [3.05, 3.63) is 48.2 Å². The van der Waals surface area contributed by atoms with Gasteiger partial charge in [0.05, 0.1) is 15.6 Å². The molecule has 0 spiro atoms. The molecule has 0 saturated carbocycles. The molecule has 1 N–H and O–H groups in total. The summed E-state index contributed by atoms with van der Waals surface area (Å²) in [5, 5.41) is 11.0. The molecular weight excluding hydrogens is 427 g/mol. The van der Waals surface area contributed by atoms with Gasteiger partial charge in [-0.1, -0.05) is 23.2 Å². The van der Waals surface area contributed by atoms with Crippen molar-refractivity contribution in [2.24, 2.45) is 0 Å². The molecule has 21 heavy (non-hydrogen) atoms. The molecule has 0 amide bonds. The van der Waals surface area contributed by atoms with Crippen LogP contribution in [0.2, 0.25) is 9.36 Å².